The van der Waals surface area contributed by atoms with Crippen LogP contribution in [0.3, 0.4) is 0 Å². The number of hydrogen-bond acceptors (Lipinski definition) is 2. The third-order valence-corrected chi connectivity index (χ3v) is 5.33. The van der Waals surface area contributed by atoms with Gasteiger partial charge in [0.2, 0.25) is 0 Å². The Morgan fingerprint density at radius 3 is 2.47 bits per heavy atom. The minimum absolute atomic E-state index is 0.740. The SMILES string of the molecule is CCCNC1CCC(C)CC1N1CC(C)CCC1C. The van der Waals surface area contributed by atoms with Crippen molar-refractivity contribution in [1.29, 1.82) is 0 Å². The van der Waals surface area contributed by atoms with Crippen LogP contribution in [0.25, 0.3) is 0 Å². The summed E-state index contributed by atoms with van der Waals surface area (Å²) in [4.78, 5) is 2.84. The summed E-state index contributed by atoms with van der Waals surface area (Å²) in [7, 11) is 0. The first-order chi connectivity index (χ1) is 9.11. The van der Waals surface area contributed by atoms with E-state index in [1.54, 1.807) is 0 Å². The van der Waals surface area contributed by atoms with Crippen molar-refractivity contribution >= 4 is 0 Å². The van der Waals surface area contributed by atoms with E-state index in [0.29, 0.717) is 0 Å². The van der Waals surface area contributed by atoms with E-state index in [4.69, 9.17) is 0 Å². The molecule has 0 aromatic carbocycles. The maximum Gasteiger partial charge on any atom is 0.0254 e. The zero-order valence-electron chi connectivity index (χ0n) is 13.5. The molecule has 0 spiro atoms. The predicted octanol–water partition coefficient (Wildman–Crippen LogP) is 3.66. The summed E-state index contributed by atoms with van der Waals surface area (Å²) in [6.45, 7) is 12.1. The molecule has 19 heavy (non-hydrogen) atoms. The highest BCUT2D eigenvalue weighted by Gasteiger charge is 2.36. The Balaban J connectivity index is 2.02. The fraction of sp³-hybridized carbons (Fsp3) is 1.00. The van der Waals surface area contributed by atoms with Crippen LogP contribution in [-0.4, -0.2) is 36.1 Å². The summed E-state index contributed by atoms with van der Waals surface area (Å²) < 4.78 is 0. The highest BCUT2D eigenvalue weighted by molar-refractivity contribution is 4.94. The molecular weight excluding hydrogens is 232 g/mol. The first-order valence-electron chi connectivity index (χ1n) is 8.61. The summed E-state index contributed by atoms with van der Waals surface area (Å²) in [6.07, 6.45) is 8.27. The third-order valence-electron chi connectivity index (χ3n) is 5.33. The highest BCUT2D eigenvalue weighted by Crippen LogP contribution is 2.33. The minimum Gasteiger partial charge on any atom is -0.312 e. The standard InChI is InChI=1S/C17H34N2/c1-5-10-18-16-9-7-13(2)11-17(16)19-12-14(3)6-8-15(19)4/h13-18H,5-12H2,1-4H3. The molecule has 0 radical (unpaired) electrons. The monoisotopic (exact) mass is 266 g/mol. The Labute approximate surface area is 120 Å². The average molecular weight is 266 g/mol. The van der Waals surface area contributed by atoms with E-state index in [2.05, 4.69) is 37.9 Å². The molecule has 5 unspecified atom stereocenters. The molecule has 0 amide bonds. The third kappa shape index (κ3) is 3.95. The molecule has 1 N–H and O–H groups in total. The van der Waals surface area contributed by atoms with Crippen LogP contribution in [0.5, 0.6) is 0 Å². The van der Waals surface area contributed by atoms with Gasteiger partial charge in [-0.1, -0.05) is 20.8 Å². The van der Waals surface area contributed by atoms with Gasteiger partial charge in [0.15, 0.2) is 0 Å². The van der Waals surface area contributed by atoms with Crippen LogP contribution in [0.4, 0.5) is 0 Å². The number of rotatable bonds is 4. The molecule has 1 heterocycles. The number of likely N-dealkylation sites (tertiary alicyclic amines) is 1. The van der Waals surface area contributed by atoms with Gasteiger partial charge in [0.05, 0.1) is 0 Å². The Kier molecular flexibility index (Phi) is 5.70. The van der Waals surface area contributed by atoms with Crippen LogP contribution in [0.1, 0.15) is 66.2 Å². The number of hydrogen-bond donors (Lipinski definition) is 1. The van der Waals surface area contributed by atoms with Gasteiger partial charge in [-0.05, 0) is 63.8 Å². The van der Waals surface area contributed by atoms with Crippen LogP contribution in [-0.2, 0) is 0 Å². The van der Waals surface area contributed by atoms with Gasteiger partial charge in [0.25, 0.3) is 0 Å². The molecule has 0 aromatic rings. The first-order valence-corrected chi connectivity index (χ1v) is 8.61. The van der Waals surface area contributed by atoms with Crippen molar-refractivity contribution in [2.45, 2.75) is 84.3 Å². The molecule has 1 saturated carbocycles. The van der Waals surface area contributed by atoms with Crippen molar-refractivity contribution in [3.8, 4) is 0 Å². The van der Waals surface area contributed by atoms with Gasteiger partial charge in [-0.3, -0.25) is 4.90 Å². The zero-order valence-corrected chi connectivity index (χ0v) is 13.5. The fourth-order valence-corrected chi connectivity index (χ4v) is 4.07. The molecule has 0 bridgehead atoms. The second-order valence-electron chi connectivity index (χ2n) is 7.27. The molecule has 1 aliphatic heterocycles. The highest BCUT2D eigenvalue weighted by atomic mass is 15.2. The summed E-state index contributed by atoms with van der Waals surface area (Å²) in [5.74, 6) is 1.80. The Morgan fingerprint density at radius 1 is 1.00 bits per heavy atom. The van der Waals surface area contributed by atoms with Crippen LogP contribution >= 0.6 is 0 Å². The van der Waals surface area contributed by atoms with E-state index in [-0.39, 0.29) is 0 Å². The van der Waals surface area contributed by atoms with E-state index >= 15 is 0 Å². The van der Waals surface area contributed by atoms with Gasteiger partial charge in [0.1, 0.15) is 0 Å². The van der Waals surface area contributed by atoms with Crippen LogP contribution in [0.2, 0.25) is 0 Å². The molecule has 0 aromatic heterocycles. The summed E-state index contributed by atoms with van der Waals surface area (Å²) in [6, 6.07) is 2.31. The first kappa shape index (κ1) is 15.3. The van der Waals surface area contributed by atoms with E-state index in [9.17, 15) is 0 Å². The lowest BCUT2D eigenvalue weighted by atomic mass is 9.80. The number of nitrogens with one attached hydrogen (secondary N) is 1. The summed E-state index contributed by atoms with van der Waals surface area (Å²) in [5.41, 5.74) is 0. The van der Waals surface area contributed by atoms with Gasteiger partial charge in [-0.15, -0.1) is 0 Å². The molecule has 2 fully saturated rings. The van der Waals surface area contributed by atoms with Gasteiger partial charge in [0, 0.05) is 24.7 Å². The molecule has 2 rings (SSSR count). The maximum absolute atomic E-state index is 3.83. The molecule has 2 heteroatoms. The average Bonchev–Trinajstić information content (AvgIpc) is 2.40. The largest absolute Gasteiger partial charge is 0.312 e. The molecule has 1 saturated heterocycles. The zero-order chi connectivity index (χ0) is 13.8. The molecule has 5 atom stereocenters. The van der Waals surface area contributed by atoms with Gasteiger partial charge in [-0.25, -0.2) is 0 Å². The lowest BCUT2D eigenvalue weighted by molar-refractivity contribution is 0.0285. The Hall–Kier alpha value is -0.0800. The van der Waals surface area contributed by atoms with Gasteiger partial charge in [-0.2, -0.15) is 0 Å². The van der Waals surface area contributed by atoms with E-state index in [1.165, 1.54) is 51.6 Å². The second kappa shape index (κ2) is 7.08. The van der Waals surface area contributed by atoms with E-state index < -0.39 is 0 Å². The lowest BCUT2D eigenvalue weighted by Crippen LogP contribution is -2.57. The number of nitrogens with zero attached hydrogens (tertiary/aromatic N) is 1. The van der Waals surface area contributed by atoms with E-state index in [1.807, 2.05) is 0 Å². The summed E-state index contributed by atoms with van der Waals surface area (Å²) in [5, 5.41) is 3.83. The van der Waals surface area contributed by atoms with Crippen molar-refractivity contribution in [2.75, 3.05) is 13.1 Å². The van der Waals surface area contributed by atoms with E-state index in [0.717, 1.165) is 30.0 Å². The van der Waals surface area contributed by atoms with Crippen molar-refractivity contribution in [1.82, 2.24) is 10.2 Å². The van der Waals surface area contributed by atoms with Crippen molar-refractivity contribution in [3.63, 3.8) is 0 Å². The van der Waals surface area contributed by atoms with Crippen molar-refractivity contribution in [3.05, 3.63) is 0 Å². The molecular formula is C17H34N2. The molecule has 2 nitrogen and oxygen atoms in total. The van der Waals surface area contributed by atoms with Gasteiger partial charge < -0.3 is 5.32 Å². The number of piperidine rings is 1. The fourth-order valence-electron chi connectivity index (χ4n) is 4.07. The Morgan fingerprint density at radius 2 is 1.74 bits per heavy atom. The Bertz CT molecular complexity index is 264. The maximum atomic E-state index is 3.83. The van der Waals surface area contributed by atoms with Crippen LogP contribution in [0, 0.1) is 11.8 Å². The topological polar surface area (TPSA) is 15.3 Å². The quantitative estimate of drug-likeness (QED) is 0.835. The van der Waals surface area contributed by atoms with Crippen molar-refractivity contribution in [2.24, 2.45) is 11.8 Å². The molecule has 2 aliphatic rings. The van der Waals surface area contributed by atoms with Crippen molar-refractivity contribution < 1.29 is 0 Å². The second-order valence-corrected chi connectivity index (χ2v) is 7.27. The van der Waals surface area contributed by atoms with Crippen LogP contribution in [0.15, 0.2) is 0 Å². The molecule has 1 aliphatic carbocycles. The molecule has 112 valence electrons. The predicted molar refractivity (Wildman–Crippen MR) is 83.5 cm³/mol. The smallest absolute Gasteiger partial charge is 0.0254 e. The summed E-state index contributed by atoms with van der Waals surface area (Å²) >= 11 is 0. The lowest BCUT2D eigenvalue weighted by Gasteiger charge is -2.48. The van der Waals surface area contributed by atoms with Gasteiger partial charge >= 0.3 is 0 Å². The van der Waals surface area contributed by atoms with Crippen LogP contribution < -0.4 is 5.32 Å². The normalized spacial score (nSPS) is 41.4. The minimum atomic E-state index is 0.740.